The molecule has 0 unspecified atom stereocenters. The van der Waals surface area contributed by atoms with Crippen LogP contribution >= 0.6 is 0 Å². The molecule has 24 heavy (non-hydrogen) atoms. The van der Waals surface area contributed by atoms with Gasteiger partial charge in [0.1, 0.15) is 0 Å². The third-order valence-corrected chi connectivity index (χ3v) is 3.82. The Morgan fingerprint density at radius 2 is 1.67 bits per heavy atom. The van der Waals surface area contributed by atoms with Crippen LogP contribution in [0.5, 0.6) is 0 Å². The number of halogens is 1. The molecular weight excluding hydrogens is 315 g/mol. The van der Waals surface area contributed by atoms with Gasteiger partial charge in [0, 0.05) is 6.42 Å². The van der Waals surface area contributed by atoms with Crippen molar-refractivity contribution in [1.29, 1.82) is 0 Å². The molecule has 0 bridgehead atoms. The highest BCUT2D eigenvalue weighted by Crippen LogP contribution is 2.10. The van der Waals surface area contributed by atoms with E-state index in [1.165, 1.54) is 38.5 Å². The molecule has 0 fully saturated rings. The second-order valence-corrected chi connectivity index (χ2v) is 5.93. The lowest BCUT2D eigenvalue weighted by atomic mass is 10.1. The topological polar surface area (TPSA) is 81.2 Å². The molecule has 0 spiro atoms. The Hall–Kier alpha value is -1.92. The molecule has 1 aromatic rings. The fourth-order valence-corrected chi connectivity index (χ4v) is 2.37. The maximum atomic E-state index is 13.1. The number of aromatic nitrogens is 2. The normalized spacial score (nSPS) is 10.8. The van der Waals surface area contributed by atoms with Crippen LogP contribution in [0.4, 0.5) is 4.39 Å². The monoisotopic (exact) mass is 342 g/mol. The van der Waals surface area contributed by atoms with Crippen molar-refractivity contribution < 1.29 is 13.9 Å². The molecule has 1 heterocycles. The number of esters is 1. The van der Waals surface area contributed by atoms with Gasteiger partial charge in [0.05, 0.1) is 6.20 Å². The highest BCUT2D eigenvalue weighted by atomic mass is 19.1. The van der Waals surface area contributed by atoms with Crippen LogP contribution in [0.15, 0.2) is 15.8 Å². The average molecular weight is 342 g/mol. The van der Waals surface area contributed by atoms with Crippen LogP contribution in [-0.2, 0) is 16.3 Å². The van der Waals surface area contributed by atoms with Crippen LogP contribution in [0, 0.1) is 5.82 Å². The maximum absolute atomic E-state index is 13.1. The minimum absolute atomic E-state index is 0.274. The van der Waals surface area contributed by atoms with E-state index in [1.54, 1.807) is 4.98 Å². The van der Waals surface area contributed by atoms with Crippen molar-refractivity contribution in [2.45, 2.75) is 77.9 Å². The van der Waals surface area contributed by atoms with E-state index in [-0.39, 0.29) is 6.42 Å². The van der Waals surface area contributed by atoms with Crippen molar-refractivity contribution in [3.63, 3.8) is 0 Å². The summed E-state index contributed by atoms with van der Waals surface area (Å²) in [5, 5.41) is 0. The third kappa shape index (κ3) is 8.08. The van der Waals surface area contributed by atoms with Gasteiger partial charge in [-0.25, -0.2) is 4.79 Å². The van der Waals surface area contributed by atoms with E-state index < -0.39 is 29.8 Å². The highest BCUT2D eigenvalue weighted by molar-refractivity contribution is 5.69. The van der Waals surface area contributed by atoms with Gasteiger partial charge in [0.25, 0.3) is 5.56 Å². The number of carbonyl (C=O) groups excluding carboxylic acids is 1. The van der Waals surface area contributed by atoms with Crippen molar-refractivity contribution in [3.8, 4) is 0 Å². The van der Waals surface area contributed by atoms with Crippen molar-refractivity contribution in [2.24, 2.45) is 0 Å². The summed E-state index contributed by atoms with van der Waals surface area (Å²) >= 11 is 0. The first-order valence-corrected chi connectivity index (χ1v) is 8.69. The molecule has 0 saturated heterocycles. The van der Waals surface area contributed by atoms with Gasteiger partial charge in [-0.2, -0.15) is 4.39 Å². The minimum atomic E-state index is -1.09. The first-order valence-electron chi connectivity index (χ1n) is 8.69. The number of nitrogens with one attached hydrogen (secondary N) is 1. The first-order chi connectivity index (χ1) is 11.5. The summed E-state index contributed by atoms with van der Waals surface area (Å²) in [5.74, 6) is -1.53. The molecule has 1 rings (SSSR count). The van der Waals surface area contributed by atoms with Crippen LogP contribution in [0.1, 0.15) is 71.1 Å². The molecule has 0 saturated carbocycles. The summed E-state index contributed by atoms with van der Waals surface area (Å²) in [6, 6.07) is 0. The molecule has 0 aliphatic heterocycles. The van der Waals surface area contributed by atoms with E-state index in [2.05, 4.69) is 6.92 Å². The Kier molecular flexibility index (Phi) is 9.72. The number of H-pyrrole nitrogens is 1. The zero-order valence-electron chi connectivity index (χ0n) is 14.3. The number of aromatic amines is 1. The Balaban J connectivity index is 2.12. The van der Waals surface area contributed by atoms with Gasteiger partial charge in [-0.05, 0) is 6.42 Å². The lowest BCUT2D eigenvalue weighted by Crippen LogP contribution is -2.32. The van der Waals surface area contributed by atoms with Crippen LogP contribution in [0.2, 0.25) is 0 Å². The Morgan fingerprint density at radius 3 is 2.29 bits per heavy atom. The Morgan fingerprint density at radius 1 is 1.08 bits per heavy atom. The third-order valence-electron chi connectivity index (χ3n) is 3.82. The Bertz CT molecular complexity index is 609. The van der Waals surface area contributed by atoms with Crippen molar-refractivity contribution in [1.82, 2.24) is 9.55 Å². The second kappa shape index (κ2) is 11.6. The summed E-state index contributed by atoms with van der Waals surface area (Å²) in [7, 11) is 0. The standard InChI is InChI=1S/C17H27FN2O4/c1-2-3-4-5-6-7-8-9-10-11-15(21)24-13-20-12-14(18)16(22)19-17(20)23/h12H,2-11,13H2,1H3,(H,19,22,23). The Labute approximate surface area is 141 Å². The van der Waals surface area contributed by atoms with E-state index in [4.69, 9.17) is 4.74 Å². The predicted octanol–water partition coefficient (Wildman–Crippen LogP) is 3.10. The van der Waals surface area contributed by atoms with Crippen molar-refractivity contribution >= 4 is 5.97 Å². The van der Waals surface area contributed by atoms with Gasteiger partial charge in [-0.3, -0.25) is 19.1 Å². The molecule has 0 aliphatic carbocycles. The van der Waals surface area contributed by atoms with E-state index in [0.29, 0.717) is 0 Å². The van der Waals surface area contributed by atoms with Gasteiger partial charge < -0.3 is 4.74 Å². The second-order valence-electron chi connectivity index (χ2n) is 5.93. The number of nitrogens with zero attached hydrogens (tertiary/aromatic N) is 1. The van der Waals surface area contributed by atoms with Crippen molar-refractivity contribution in [2.75, 3.05) is 0 Å². The molecular formula is C17H27FN2O4. The first kappa shape index (κ1) is 20.1. The van der Waals surface area contributed by atoms with E-state index in [9.17, 15) is 18.8 Å². The summed E-state index contributed by atoms with van der Waals surface area (Å²) in [4.78, 5) is 35.6. The van der Waals surface area contributed by atoms with Crippen LogP contribution in [0.25, 0.3) is 0 Å². The molecule has 0 amide bonds. The van der Waals surface area contributed by atoms with Gasteiger partial charge in [-0.1, -0.05) is 58.3 Å². The minimum Gasteiger partial charge on any atom is -0.444 e. The molecule has 0 aromatic carbocycles. The summed E-state index contributed by atoms with van der Waals surface area (Å²) < 4.78 is 18.8. The van der Waals surface area contributed by atoms with Gasteiger partial charge in [-0.15, -0.1) is 0 Å². The average Bonchev–Trinajstić information content (AvgIpc) is 2.55. The maximum Gasteiger partial charge on any atom is 0.331 e. The fraction of sp³-hybridized carbons (Fsp3) is 0.706. The number of carbonyl (C=O) groups is 1. The van der Waals surface area contributed by atoms with E-state index in [0.717, 1.165) is 30.0 Å². The van der Waals surface area contributed by atoms with Gasteiger partial charge in [0.15, 0.2) is 6.73 Å². The number of ether oxygens (including phenoxy) is 1. The number of unbranched alkanes of at least 4 members (excludes halogenated alkanes) is 8. The molecule has 136 valence electrons. The largest absolute Gasteiger partial charge is 0.444 e. The summed E-state index contributed by atoms with van der Waals surface area (Å²) in [6.07, 6.45) is 11.4. The van der Waals surface area contributed by atoms with E-state index in [1.807, 2.05) is 0 Å². The van der Waals surface area contributed by atoms with Gasteiger partial charge in [0.2, 0.25) is 5.82 Å². The molecule has 0 atom stereocenters. The quantitative estimate of drug-likeness (QED) is 0.467. The van der Waals surface area contributed by atoms with E-state index >= 15 is 0 Å². The number of hydrogen-bond donors (Lipinski definition) is 1. The van der Waals surface area contributed by atoms with Crippen LogP contribution < -0.4 is 11.2 Å². The lowest BCUT2D eigenvalue weighted by molar-refractivity contribution is -0.147. The summed E-state index contributed by atoms with van der Waals surface area (Å²) in [5.41, 5.74) is -1.89. The molecule has 0 radical (unpaired) electrons. The van der Waals surface area contributed by atoms with Gasteiger partial charge >= 0.3 is 11.7 Å². The van der Waals surface area contributed by atoms with Crippen molar-refractivity contribution in [3.05, 3.63) is 32.9 Å². The zero-order valence-corrected chi connectivity index (χ0v) is 14.3. The zero-order chi connectivity index (χ0) is 17.8. The van der Waals surface area contributed by atoms with Crippen LogP contribution in [-0.4, -0.2) is 15.5 Å². The molecule has 0 aliphatic rings. The fourth-order valence-electron chi connectivity index (χ4n) is 2.37. The molecule has 1 aromatic heterocycles. The summed E-state index contributed by atoms with van der Waals surface area (Å²) in [6.45, 7) is 1.80. The molecule has 7 heteroatoms. The molecule has 1 N–H and O–H groups in total. The number of rotatable bonds is 12. The SMILES string of the molecule is CCCCCCCCCCCC(=O)OCn1cc(F)c(=O)[nH]c1=O. The lowest BCUT2D eigenvalue weighted by Gasteiger charge is -2.07. The highest BCUT2D eigenvalue weighted by Gasteiger charge is 2.07. The molecule has 6 nitrogen and oxygen atoms in total. The predicted molar refractivity (Wildman–Crippen MR) is 89.2 cm³/mol. The van der Waals surface area contributed by atoms with Crippen LogP contribution in [0.3, 0.4) is 0 Å². The number of hydrogen-bond acceptors (Lipinski definition) is 4. The smallest absolute Gasteiger partial charge is 0.331 e.